The van der Waals surface area contributed by atoms with Crippen LogP contribution < -0.4 is 0 Å². The summed E-state index contributed by atoms with van der Waals surface area (Å²) in [5.41, 5.74) is 1.46. The zero-order chi connectivity index (χ0) is 11.7. The van der Waals surface area contributed by atoms with Gasteiger partial charge in [-0.1, -0.05) is 27.7 Å². The van der Waals surface area contributed by atoms with Crippen LogP contribution in [0.3, 0.4) is 0 Å². The van der Waals surface area contributed by atoms with E-state index >= 15 is 0 Å². The molecule has 1 aromatic heterocycles. The number of hydrogen-bond acceptors (Lipinski definition) is 1. The Kier molecular flexibility index (Phi) is 9.73. The van der Waals surface area contributed by atoms with Gasteiger partial charge in [-0.15, -0.1) is 0 Å². The summed E-state index contributed by atoms with van der Waals surface area (Å²) in [5, 5.41) is 3.95. The van der Waals surface area contributed by atoms with Gasteiger partial charge >= 0.3 is 0 Å². The van der Waals surface area contributed by atoms with Gasteiger partial charge in [0, 0.05) is 13.2 Å². The Labute approximate surface area is 87.1 Å². The quantitative estimate of drug-likeness (QED) is 0.677. The van der Waals surface area contributed by atoms with Crippen LogP contribution in [0.15, 0.2) is 6.20 Å². The summed E-state index contributed by atoms with van der Waals surface area (Å²) in [5.74, 6) is 0. The van der Waals surface area contributed by atoms with Gasteiger partial charge in [0.15, 0.2) is 0 Å². The van der Waals surface area contributed by atoms with Crippen molar-refractivity contribution in [1.29, 1.82) is 0 Å². The molecule has 0 amide bonds. The molecule has 0 saturated carbocycles. The molecule has 0 aliphatic heterocycles. The van der Waals surface area contributed by atoms with Crippen molar-refractivity contribution in [2.24, 2.45) is 7.05 Å². The van der Waals surface area contributed by atoms with Gasteiger partial charge in [-0.25, -0.2) is 4.39 Å². The number of rotatable bonds is 1. The van der Waals surface area contributed by atoms with Crippen molar-refractivity contribution in [1.82, 2.24) is 9.78 Å². The summed E-state index contributed by atoms with van der Waals surface area (Å²) in [6.45, 7) is 11.4. The molecule has 0 radical (unpaired) electrons. The molecule has 1 atom stereocenters. The first-order valence-electron chi connectivity index (χ1n) is 5.25. The fourth-order valence-corrected chi connectivity index (χ4v) is 1.02. The number of aryl methyl sites for hydroxylation is 2. The third kappa shape index (κ3) is 5.00. The van der Waals surface area contributed by atoms with Crippen molar-refractivity contribution in [3.8, 4) is 0 Å². The van der Waals surface area contributed by atoms with Crippen LogP contribution in [0.2, 0.25) is 0 Å². The molecule has 3 heteroatoms. The minimum atomic E-state index is -0.957. The molecule has 1 rings (SSSR count). The third-order valence-corrected chi connectivity index (χ3v) is 1.43. The van der Waals surface area contributed by atoms with Crippen LogP contribution >= 0.6 is 0 Å². The van der Waals surface area contributed by atoms with Gasteiger partial charge in [-0.05, 0) is 19.4 Å². The molecular formula is C11H23FN2. The molecule has 0 spiro atoms. The second kappa shape index (κ2) is 8.73. The summed E-state index contributed by atoms with van der Waals surface area (Å²) < 4.78 is 14.3. The molecule has 0 N–H and O–H groups in total. The standard InChI is InChI=1S/C7H11FN2.2C2H6/c1-5-4-10(3)9-7(5)6(2)8;2*1-2/h4,6H,1-3H3;2*1-2H3. The molecule has 84 valence electrons. The van der Waals surface area contributed by atoms with Gasteiger partial charge in [-0.2, -0.15) is 5.10 Å². The smallest absolute Gasteiger partial charge is 0.141 e. The third-order valence-electron chi connectivity index (χ3n) is 1.43. The van der Waals surface area contributed by atoms with Crippen LogP contribution in [0.25, 0.3) is 0 Å². The topological polar surface area (TPSA) is 17.8 Å². The van der Waals surface area contributed by atoms with Crippen molar-refractivity contribution in [2.75, 3.05) is 0 Å². The van der Waals surface area contributed by atoms with Gasteiger partial charge in [0.2, 0.25) is 0 Å². The lowest BCUT2D eigenvalue weighted by atomic mass is 10.2. The second-order valence-corrected chi connectivity index (χ2v) is 2.49. The fraction of sp³-hybridized carbons (Fsp3) is 0.727. The molecule has 0 aliphatic rings. The van der Waals surface area contributed by atoms with Crippen LogP contribution in [0.4, 0.5) is 4.39 Å². The number of halogens is 1. The molecule has 1 heterocycles. The van der Waals surface area contributed by atoms with E-state index in [4.69, 9.17) is 0 Å². The van der Waals surface area contributed by atoms with Crippen LogP contribution in [-0.4, -0.2) is 9.78 Å². The van der Waals surface area contributed by atoms with E-state index in [1.165, 1.54) is 6.92 Å². The van der Waals surface area contributed by atoms with Gasteiger partial charge in [-0.3, -0.25) is 4.68 Å². The first-order valence-corrected chi connectivity index (χ1v) is 5.25. The van der Waals surface area contributed by atoms with Gasteiger partial charge in [0.05, 0.1) is 5.69 Å². The highest BCUT2D eigenvalue weighted by atomic mass is 19.1. The van der Waals surface area contributed by atoms with E-state index in [0.717, 1.165) is 5.56 Å². The highest BCUT2D eigenvalue weighted by molar-refractivity contribution is 5.16. The number of alkyl halides is 1. The Morgan fingerprint density at radius 3 is 1.86 bits per heavy atom. The van der Waals surface area contributed by atoms with Crippen molar-refractivity contribution < 1.29 is 4.39 Å². The van der Waals surface area contributed by atoms with Crippen LogP contribution in [0.5, 0.6) is 0 Å². The average molecular weight is 202 g/mol. The molecular weight excluding hydrogens is 179 g/mol. The zero-order valence-electron chi connectivity index (χ0n) is 10.4. The van der Waals surface area contributed by atoms with Crippen LogP contribution in [0.1, 0.15) is 52.0 Å². The normalized spacial score (nSPS) is 10.6. The second-order valence-electron chi connectivity index (χ2n) is 2.49. The summed E-state index contributed by atoms with van der Waals surface area (Å²) in [7, 11) is 1.79. The Morgan fingerprint density at radius 2 is 1.71 bits per heavy atom. The molecule has 1 aromatic rings. The number of nitrogens with zero attached hydrogens (tertiary/aromatic N) is 2. The molecule has 0 aliphatic carbocycles. The minimum absolute atomic E-state index is 0.544. The lowest BCUT2D eigenvalue weighted by molar-refractivity contribution is 0.362. The molecule has 0 fully saturated rings. The van der Waals surface area contributed by atoms with Crippen molar-refractivity contribution >= 4 is 0 Å². The van der Waals surface area contributed by atoms with Crippen LogP contribution in [0, 0.1) is 6.92 Å². The number of aromatic nitrogens is 2. The van der Waals surface area contributed by atoms with E-state index < -0.39 is 6.17 Å². The molecule has 14 heavy (non-hydrogen) atoms. The Hall–Kier alpha value is -0.860. The lowest BCUT2D eigenvalue weighted by Gasteiger charge is -1.95. The predicted molar refractivity (Wildman–Crippen MR) is 60.2 cm³/mol. The molecule has 0 saturated heterocycles. The summed E-state index contributed by atoms with van der Waals surface area (Å²) in [6, 6.07) is 0. The van der Waals surface area contributed by atoms with Crippen molar-refractivity contribution in [2.45, 2.75) is 47.7 Å². The summed E-state index contributed by atoms with van der Waals surface area (Å²) >= 11 is 0. The molecule has 1 unspecified atom stereocenters. The highest BCUT2D eigenvalue weighted by Gasteiger charge is 2.09. The Balaban J connectivity index is 0. The van der Waals surface area contributed by atoms with Gasteiger partial charge in [0.1, 0.15) is 6.17 Å². The summed E-state index contributed by atoms with van der Waals surface area (Å²) in [6.07, 6.45) is 0.854. The minimum Gasteiger partial charge on any atom is -0.275 e. The van der Waals surface area contributed by atoms with Crippen LogP contribution in [-0.2, 0) is 7.05 Å². The van der Waals surface area contributed by atoms with E-state index in [-0.39, 0.29) is 0 Å². The lowest BCUT2D eigenvalue weighted by Crippen LogP contribution is -1.92. The predicted octanol–water partition coefficient (Wildman–Crippen LogP) is 3.81. The van der Waals surface area contributed by atoms with E-state index in [9.17, 15) is 4.39 Å². The van der Waals surface area contributed by atoms with Gasteiger partial charge < -0.3 is 0 Å². The molecule has 2 nitrogen and oxygen atoms in total. The summed E-state index contributed by atoms with van der Waals surface area (Å²) in [4.78, 5) is 0. The zero-order valence-corrected chi connectivity index (χ0v) is 10.4. The monoisotopic (exact) mass is 202 g/mol. The average Bonchev–Trinajstić information content (AvgIpc) is 2.52. The molecule has 0 aromatic carbocycles. The largest absolute Gasteiger partial charge is 0.275 e. The maximum atomic E-state index is 12.6. The van der Waals surface area contributed by atoms with Gasteiger partial charge in [0.25, 0.3) is 0 Å². The first-order chi connectivity index (χ1) is 6.61. The van der Waals surface area contributed by atoms with E-state index in [1.54, 1.807) is 11.7 Å². The fourth-order valence-electron chi connectivity index (χ4n) is 1.02. The highest BCUT2D eigenvalue weighted by Crippen LogP contribution is 2.17. The van der Waals surface area contributed by atoms with E-state index in [0.29, 0.717) is 5.69 Å². The Bertz CT molecular complexity index is 229. The van der Waals surface area contributed by atoms with E-state index in [1.807, 2.05) is 40.8 Å². The number of hydrogen-bond donors (Lipinski definition) is 0. The van der Waals surface area contributed by atoms with Crippen molar-refractivity contribution in [3.63, 3.8) is 0 Å². The molecule has 0 bridgehead atoms. The maximum absolute atomic E-state index is 12.6. The van der Waals surface area contributed by atoms with E-state index in [2.05, 4.69) is 5.10 Å². The first kappa shape index (κ1) is 15.6. The van der Waals surface area contributed by atoms with Crippen molar-refractivity contribution in [3.05, 3.63) is 17.5 Å². The SMILES string of the molecule is CC.CC.Cc1cn(C)nc1C(C)F. The maximum Gasteiger partial charge on any atom is 0.141 e. The Morgan fingerprint density at radius 1 is 1.29 bits per heavy atom.